The lowest BCUT2D eigenvalue weighted by Crippen LogP contribution is -2.48. The van der Waals surface area contributed by atoms with E-state index in [0.29, 0.717) is 26.3 Å². The highest BCUT2D eigenvalue weighted by molar-refractivity contribution is 9.10. The molecule has 29 heavy (non-hydrogen) atoms. The van der Waals surface area contributed by atoms with E-state index in [0.717, 1.165) is 58.4 Å². The van der Waals surface area contributed by atoms with E-state index >= 15 is 0 Å². The van der Waals surface area contributed by atoms with E-state index < -0.39 is 6.09 Å². The van der Waals surface area contributed by atoms with Gasteiger partial charge in [0, 0.05) is 55.7 Å². The molecule has 0 spiro atoms. The van der Waals surface area contributed by atoms with E-state index in [1.54, 1.807) is 0 Å². The number of pyridine rings is 1. The van der Waals surface area contributed by atoms with Crippen molar-refractivity contribution in [3.05, 3.63) is 34.7 Å². The minimum absolute atomic E-state index is 0.454. The quantitative estimate of drug-likeness (QED) is 0.606. The molecule has 0 radical (unpaired) electrons. The van der Waals surface area contributed by atoms with Gasteiger partial charge in [-0.1, -0.05) is 15.9 Å². The van der Waals surface area contributed by atoms with E-state index in [1.807, 2.05) is 25.3 Å². The zero-order valence-corrected chi connectivity index (χ0v) is 17.9. The topological polar surface area (TPSA) is 83.7 Å². The van der Waals surface area contributed by atoms with Gasteiger partial charge in [-0.3, -0.25) is 9.88 Å². The molecule has 9 heteroatoms. The largest absolute Gasteiger partial charge is 0.465 e. The Bertz CT molecular complexity index is 1030. The summed E-state index contributed by atoms with van der Waals surface area (Å²) in [6, 6.07) is 6.11. The zero-order valence-electron chi connectivity index (χ0n) is 16.3. The van der Waals surface area contributed by atoms with E-state index in [4.69, 9.17) is 14.8 Å². The van der Waals surface area contributed by atoms with Gasteiger partial charge in [0.2, 0.25) is 0 Å². The van der Waals surface area contributed by atoms with Crippen molar-refractivity contribution in [2.45, 2.75) is 20.1 Å². The van der Waals surface area contributed by atoms with Crippen molar-refractivity contribution in [3.63, 3.8) is 0 Å². The molecular formula is C20H24BrN5O3. The van der Waals surface area contributed by atoms with Crippen molar-refractivity contribution in [1.82, 2.24) is 24.3 Å². The molecule has 0 unspecified atom stereocenters. The van der Waals surface area contributed by atoms with Gasteiger partial charge in [0.05, 0.1) is 17.2 Å². The molecule has 1 fully saturated rings. The number of rotatable bonds is 6. The summed E-state index contributed by atoms with van der Waals surface area (Å²) in [5, 5.41) is 10.2. The van der Waals surface area contributed by atoms with Gasteiger partial charge < -0.3 is 19.3 Å². The summed E-state index contributed by atoms with van der Waals surface area (Å²) in [6.07, 6.45) is 0.983. The van der Waals surface area contributed by atoms with E-state index in [9.17, 15) is 4.79 Å². The van der Waals surface area contributed by atoms with Crippen LogP contribution in [0.3, 0.4) is 0 Å². The number of aromatic nitrogens is 3. The Hall–Kier alpha value is -2.23. The molecule has 3 aromatic rings. The van der Waals surface area contributed by atoms with Crippen molar-refractivity contribution >= 4 is 44.0 Å². The second-order valence-electron chi connectivity index (χ2n) is 7.08. The maximum absolute atomic E-state index is 11.1. The molecule has 3 heterocycles. The molecule has 0 aliphatic carbocycles. The summed E-state index contributed by atoms with van der Waals surface area (Å²) in [7, 11) is 0. The number of hydrogen-bond donors (Lipinski definition) is 1. The number of benzene rings is 1. The fraction of sp³-hybridized carbons (Fsp3) is 0.450. The van der Waals surface area contributed by atoms with Crippen LogP contribution in [-0.4, -0.2) is 74.9 Å². The summed E-state index contributed by atoms with van der Waals surface area (Å²) in [6.45, 7) is 7.24. The predicted octanol–water partition coefficient (Wildman–Crippen LogP) is 3.18. The van der Waals surface area contributed by atoms with Crippen molar-refractivity contribution in [2.75, 3.05) is 39.3 Å². The fourth-order valence-electron chi connectivity index (χ4n) is 3.78. The third-order valence-electron chi connectivity index (χ3n) is 5.33. The molecule has 1 N–H and O–H groups in total. The molecule has 8 nitrogen and oxygen atoms in total. The molecule has 2 aromatic heterocycles. The van der Waals surface area contributed by atoms with Crippen LogP contribution in [0.15, 0.2) is 28.9 Å². The maximum Gasteiger partial charge on any atom is 0.407 e. The van der Waals surface area contributed by atoms with E-state index in [-0.39, 0.29) is 0 Å². The minimum Gasteiger partial charge on any atom is -0.465 e. The molecule has 4 rings (SSSR count). The number of amides is 1. The fourth-order valence-corrected chi connectivity index (χ4v) is 4.13. The average molecular weight is 462 g/mol. The summed E-state index contributed by atoms with van der Waals surface area (Å²) in [5.41, 5.74) is 2.86. The van der Waals surface area contributed by atoms with Gasteiger partial charge in [-0.2, -0.15) is 0 Å². The Kier molecular flexibility index (Phi) is 5.98. The normalized spacial score (nSPS) is 15.4. The maximum atomic E-state index is 11.1. The number of fused-ring (bicyclic) bond motifs is 3. The third-order valence-corrected chi connectivity index (χ3v) is 5.83. The van der Waals surface area contributed by atoms with Crippen molar-refractivity contribution < 1.29 is 14.6 Å². The molecule has 1 aromatic carbocycles. The molecule has 154 valence electrons. The van der Waals surface area contributed by atoms with Crippen LogP contribution in [0.25, 0.3) is 21.9 Å². The molecule has 0 bridgehead atoms. The first-order chi connectivity index (χ1) is 14.1. The number of halogens is 1. The zero-order chi connectivity index (χ0) is 20.4. The van der Waals surface area contributed by atoms with Gasteiger partial charge in [0.15, 0.2) is 0 Å². The lowest BCUT2D eigenvalue weighted by Gasteiger charge is -2.33. The minimum atomic E-state index is -0.839. The average Bonchev–Trinajstić information content (AvgIpc) is 3.08. The summed E-state index contributed by atoms with van der Waals surface area (Å²) >= 11 is 3.52. The van der Waals surface area contributed by atoms with Crippen LogP contribution in [0.4, 0.5) is 4.79 Å². The first-order valence-electron chi connectivity index (χ1n) is 9.78. The predicted molar refractivity (Wildman–Crippen MR) is 114 cm³/mol. The highest BCUT2D eigenvalue weighted by Gasteiger charge is 2.21. The van der Waals surface area contributed by atoms with Crippen LogP contribution in [0.1, 0.15) is 12.7 Å². The first-order valence-corrected chi connectivity index (χ1v) is 10.6. The van der Waals surface area contributed by atoms with Crippen LogP contribution in [0, 0.1) is 0 Å². The third kappa shape index (κ3) is 4.22. The molecule has 1 amide bonds. The molecular weight excluding hydrogens is 438 g/mol. The van der Waals surface area contributed by atoms with E-state index in [1.165, 1.54) is 4.90 Å². The summed E-state index contributed by atoms with van der Waals surface area (Å²) < 4.78 is 8.88. The number of piperazine rings is 1. The Balaban J connectivity index is 1.63. The lowest BCUT2D eigenvalue weighted by atomic mass is 10.2. The Morgan fingerprint density at radius 2 is 2.00 bits per heavy atom. The molecule has 0 saturated carbocycles. The van der Waals surface area contributed by atoms with Gasteiger partial charge in [0.1, 0.15) is 17.9 Å². The number of carboxylic acid groups (broad SMARTS) is 1. The van der Waals surface area contributed by atoms with Crippen molar-refractivity contribution in [1.29, 1.82) is 0 Å². The van der Waals surface area contributed by atoms with Gasteiger partial charge >= 0.3 is 6.09 Å². The van der Waals surface area contributed by atoms with E-state index in [2.05, 4.69) is 36.4 Å². The van der Waals surface area contributed by atoms with Gasteiger partial charge in [-0.25, -0.2) is 9.78 Å². The monoisotopic (exact) mass is 461 g/mol. The molecule has 1 saturated heterocycles. The van der Waals surface area contributed by atoms with Crippen molar-refractivity contribution in [2.24, 2.45) is 0 Å². The lowest BCUT2D eigenvalue weighted by molar-refractivity contribution is 0.103. The number of hydrogen-bond acceptors (Lipinski definition) is 5. The van der Waals surface area contributed by atoms with Crippen LogP contribution in [-0.2, 0) is 17.9 Å². The standard InChI is InChI=1S/C20H24BrN5O3/c1-2-29-13-18-23-17-12-22-16-11-14(21)3-4-15(16)19(17)26(18)10-7-24-5-8-25(9-6-24)20(27)28/h3-4,11-12H,2,5-10,13H2,1H3,(H,27,28). The van der Waals surface area contributed by atoms with Gasteiger partial charge in [-0.15, -0.1) is 0 Å². The highest BCUT2D eigenvalue weighted by atomic mass is 79.9. The second-order valence-corrected chi connectivity index (χ2v) is 8.00. The molecule has 0 atom stereocenters. The Morgan fingerprint density at radius 1 is 1.21 bits per heavy atom. The number of imidazole rings is 1. The Morgan fingerprint density at radius 3 is 2.72 bits per heavy atom. The van der Waals surface area contributed by atoms with Crippen LogP contribution < -0.4 is 0 Å². The smallest absolute Gasteiger partial charge is 0.407 e. The van der Waals surface area contributed by atoms with Crippen LogP contribution in [0.5, 0.6) is 0 Å². The summed E-state index contributed by atoms with van der Waals surface area (Å²) in [4.78, 5) is 24.2. The molecule has 1 aliphatic rings. The highest BCUT2D eigenvalue weighted by Crippen LogP contribution is 2.27. The number of ether oxygens (including phenoxy) is 1. The first kappa shape index (κ1) is 20.1. The van der Waals surface area contributed by atoms with Gasteiger partial charge in [-0.05, 0) is 25.1 Å². The number of nitrogens with zero attached hydrogens (tertiary/aromatic N) is 5. The second kappa shape index (κ2) is 8.64. The van der Waals surface area contributed by atoms with Crippen LogP contribution in [0.2, 0.25) is 0 Å². The van der Waals surface area contributed by atoms with Crippen LogP contribution >= 0.6 is 15.9 Å². The Labute approximate surface area is 177 Å². The SMILES string of the molecule is CCOCc1nc2cnc3cc(Br)ccc3c2n1CCN1CCN(C(=O)O)CC1. The van der Waals surface area contributed by atoms with Gasteiger partial charge in [0.25, 0.3) is 0 Å². The van der Waals surface area contributed by atoms with Crippen molar-refractivity contribution in [3.8, 4) is 0 Å². The number of carbonyl (C=O) groups is 1. The summed E-state index contributed by atoms with van der Waals surface area (Å²) in [5.74, 6) is 0.892. The molecule has 1 aliphatic heterocycles.